The molecule has 0 bridgehead atoms. The lowest BCUT2D eigenvalue weighted by molar-refractivity contribution is 0.00495. The molecule has 1 aliphatic carbocycles. The molecule has 1 aromatic carbocycles. The van der Waals surface area contributed by atoms with Crippen molar-refractivity contribution in [1.29, 1.82) is 0 Å². The van der Waals surface area contributed by atoms with Crippen molar-refractivity contribution in [2.45, 2.75) is 44.2 Å². The summed E-state index contributed by atoms with van der Waals surface area (Å²) in [5.74, 6) is 6.99. The number of nitrogens with two attached hydrogens (primary N) is 1. The molecule has 0 heterocycles. The highest BCUT2D eigenvalue weighted by molar-refractivity contribution is 5.26. The maximum atomic E-state index is 5.71. The third-order valence-corrected chi connectivity index (χ3v) is 4.06. The third kappa shape index (κ3) is 3.10. The number of benzene rings is 1. The van der Waals surface area contributed by atoms with E-state index in [0.29, 0.717) is 17.9 Å². The molecule has 1 saturated carbocycles. The molecule has 0 saturated heterocycles. The minimum Gasteiger partial charge on any atom is -0.379 e. The maximum Gasteiger partial charge on any atom is 0.0638 e. The average molecular weight is 248 g/mol. The Labute approximate surface area is 110 Å². The van der Waals surface area contributed by atoms with Gasteiger partial charge in [-0.05, 0) is 44.1 Å². The van der Waals surface area contributed by atoms with Crippen LogP contribution in [0.15, 0.2) is 30.3 Å². The first-order chi connectivity index (χ1) is 8.57. The smallest absolute Gasteiger partial charge is 0.0638 e. The number of nitrogens with one attached hydrogen (secondary N) is 1. The molecule has 100 valence electrons. The molecule has 1 aromatic rings. The molecule has 0 radical (unpaired) electrons. The Bertz CT molecular complexity index is 377. The van der Waals surface area contributed by atoms with Gasteiger partial charge in [0.25, 0.3) is 0 Å². The molecule has 0 amide bonds. The van der Waals surface area contributed by atoms with Crippen molar-refractivity contribution < 1.29 is 4.74 Å². The monoisotopic (exact) mass is 248 g/mol. The van der Waals surface area contributed by atoms with E-state index < -0.39 is 0 Å². The van der Waals surface area contributed by atoms with E-state index in [1.54, 1.807) is 7.11 Å². The molecular formula is C15H24N2O. The molecule has 2 rings (SSSR count). The topological polar surface area (TPSA) is 47.3 Å². The lowest BCUT2D eigenvalue weighted by Crippen LogP contribution is -2.43. The zero-order valence-corrected chi connectivity index (χ0v) is 11.5. The fourth-order valence-electron chi connectivity index (χ4n) is 2.69. The van der Waals surface area contributed by atoms with Crippen molar-refractivity contribution in [3.8, 4) is 0 Å². The highest BCUT2D eigenvalue weighted by Gasteiger charge is 2.44. The van der Waals surface area contributed by atoms with E-state index in [1.807, 2.05) is 0 Å². The third-order valence-electron chi connectivity index (χ3n) is 4.06. The van der Waals surface area contributed by atoms with E-state index in [0.717, 1.165) is 6.42 Å². The number of hydrogen-bond acceptors (Lipinski definition) is 3. The first-order valence-corrected chi connectivity index (χ1v) is 6.63. The Morgan fingerprint density at radius 2 is 2.06 bits per heavy atom. The summed E-state index contributed by atoms with van der Waals surface area (Å²) in [7, 11) is 1.76. The largest absolute Gasteiger partial charge is 0.379 e. The fraction of sp³-hybridized carbons (Fsp3) is 0.600. The molecule has 3 unspecified atom stereocenters. The normalized spacial score (nSPS) is 24.9. The van der Waals surface area contributed by atoms with Gasteiger partial charge < -0.3 is 4.74 Å². The average Bonchev–Trinajstić information content (AvgIpc) is 3.17. The van der Waals surface area contributed by atoms with E-state index in [9.17, 15) is 0 Å². The Morgan fingerprint density at radius 3 is 2.61 bits per heavy atom. The van der Waals surface area contributed by atoms with Gasteiger partial charge in [-0.3, -0.25) is 11.3 Å². The van der Waals surface area contributed by atoms with Crippen LogP contribution in [0.4, 0.5) is 0 Å². The molecule has 3 N–H and O–H groups in total. The van der Waals surface area contributed by atoms with Gasteiger partial charge in [-0.1, -0.05) is 30.3 Å². The van der Waals surface area contributed by atoms with Crippen LogP contribution in [-0.2, 0) is 4.74 Å². The van der Waals surface area contributed by atoms with E-state index >= 15 is 0 Å². The molecule has 18 heavy (non-hydrogen) atoms. The minimum atomic E-state index is -0.124. The fourth-order valence-corrected chi connectivity index (χ4v) is 2.69. The molecule has 1 aliphatic rings. The van der Waals surface area contributed by atoms with Crippen LogP contribution in [0.2, 0.25) is 0 Å². The van der Waals surface area contributed by atoms with Crippen molar-refractivity contribution in [3.05, 3.63) is 35.9 Å². The second-order valence-corrected chi connectivity index (χ2v) is 5.86. The predicted molar refractivity (Wildman–Crippen MR) is 74.1 cm³/mol. The second-order valence-electron chi connectivity index (χ2n) is 5.86. The zero-order chi connectivity index (χ0) is 13.2. The van der Waals surface area contributed by atoms with Gasteiger partial charge in [0, 0.05) is 13.2 Å². The Morgan fingerprint density at radius 1 is 1.39 bits per heavy atom. The number of methoxy groups -OCH3 is 1. The SMILES string of the molecule is COC(C)(C)CC(NN)C1CC1c1ccccc1. The van der Waals surface area contributed by atoms with E-state index in [2.05, 4.69) is 49.6 Å². The molecule has 0 aliphatic heterocycles. The minimum absolute atomic E-state index is 0.124. The highest BCUT2D eigenvalue weighted by atomic mass is 16.5. The number of hydrazine groups is 1. The first-order valence-electron chi connectivity index (χ1n) is 6.63. The lowest BCUT2D eigenvalue weighted by Gasteiger charge is -2.28. The summed E-state index contributed by atoms with van der Waals surface area (Å²) in [6, 6.07) is 11.0. The van der Waals surface area contributed by atoms with Crippen molar-refractivity contribution in [3.63, 3.8) is 0 Å². The summed E-state index contributed by atoms with van der Waals surface area (Å²) in [6.07, 6.45) is 2.16. The van der Waals surface area contributed by atoms with Crippen LogP contribution in [0.5, 0.6) is 0 Å². The number of rotatable bonds is 6. The number of ether oxygens (including phenoxy) is 1. The maximum absolute atomic E-state index is 5.71. The first kappa shape index (κ1) is 13.5. The van der Waals surface area contributed by atoms with Gasteiger partial charge in [-0.2, -0.15) is 0 Å². The van der Waals surface area contributed by atoms with Crippen LogP contribution in [0.3, 0.4) is 0 Å². The van der Waals surface area contributed by atoms with Crippen LogP contribution in [0.25, 0.3) is 0 Å². The van der Waals surface area contributed by atoms with Crippen LogP contribution >= 0.6 is 0 Å². The van der Waals surface area contributed by atoms with Gasteiger partial charge in [0.1, 0.15) is 0 Å². The highest BCUT2D eigenvalue weighted by Crippen LogP contribution is 2.50. The number of hydrogen-bond donors (Lipinski definition) is 2. The van der Waals surface area contributed by atoms with Gasteiger partial charge in [0.15, 0.2) is 0 Å². The molecule has 3 atom stereocenters. The summed E-state index contributed by atoms with van der Waals surface area (Å²) in [6.45, 7) is 4.22. The van der Waals surface area contributed by atoms with E-state index in [-0.39, 0.29) is 5.60 Å². The van der Waals surface area contributed by atoms with Gasteiger partial charge >= 0.3 is 0 Å². The van der Waals surface area contributed by atoms with Crippen LogP contribution in [-0.4, -0.2) is 18.8 Å². The van der Waals surface area contributed by atoms with Crippen molar-refractivity contribution in [2.75, 3.05) is 7.11 Å². The van der Waals surface area contributed by atoms with Crippen LogP contribution < -0.4 is 11.3 Å². The van der Waals surface area contributed by atoms with E-state index in [1.165, 1.54) is 12.0 Å². The molecular weight excluding hydrogens is 224 g/mol. The Kier molecular flexibility index (Phi) is 4.05. The summed E-state index contributed by atoms with van der Waals surface area (Å²) in [4.78, 5) is 0. The summed E-state index contributed by atoms with van der Waals surface area (Å²) >= 11 is 0. The summed E-state index contributed by atoms with van der Waals surface area (Å²) in [5, 5.41) is 0. The Hall–Kier alpha value is -0.900. The lowest BCUT2D eigenvalue weighted by atomic mass is 9.94. The predicted octanol–water partition coefficient (Wildman–Crippen LogP) is 2.44. The summed E-state index contributed by atoms with van der Waals surface area (Å²) < 4.78 is 5.49. The molecule has 0 aromatic heterocycles. The molecule has 1 fully saturated rings. The molecule has 3 heteroatoms. The van der Waals surface area contributed by atoms with Crippen molar-refractivity contribution in [2.24, 2.45) is 11.8 Å². The van der Waals surface area contributed by atoms with Gasteiger partial charge in [-0.25, -0.2) is 0 Å². The molecule has 3 nitrogen and oxygen atoms in total. The summed E-state index contributed by atoms with van der Waals surface area (Å²) in [5.41, 5.74) is 4.28. The quantitative estimate of drug-likeness (QED) is 0.600. The van der Waals surface area contributed by atoms with E-state index in [4.69, 9.17) is 10.6 Å². The van der Waals surface area contributed by atoms with Crippen LogP contribution in [0.1, 0.15) is 38.2 Å². The zero-order valence-electron chi connectivity index (χ0n) is 11.5. The van der Waals surface area contributed by atoms with Crippen LogP contribution in [0, 0.1) is 5.92 Å². The standard InChI is InChI=1S/C15H24N2O/c1-15(2,18-3)10-14(17-16)13-9-12(13)11-7-5-4-6-8-11/h4-8,12-14,17H,9-10,16H2,1-3H3. The second kappa shape index (κ2) is 5.39. The van der Waals surface area contributed by atoms with Crippen molar-refractivity contribution in [1.82, 2.24) is 5.43 Å². The van der Waals surface area contributed by atoms with Gasteiger partial charge in [0.05, 0.1) is 5.60 Å². The van der Waals surface area contributed by atoms with Gasteiger partial charge in [0.2, 0.25) is 0 Å². The van der Waals surface area contributed by atoms with Gasteiger partial charge in [-0.15, -0.1) is 0 Å². The van der Waals surface area contributed by atoms with Crippen molar-refractivity contribution >= 4 is 0 Å². The Balaban J connectivity index is 1.96. The molecule has 0 spiro atoms.